The molecule has 0 fully saturated rings. The van der Waals surface area contributed by atoms with Crippen LogP contribution in [0.3, 0.4) is 0 Å². The molecule has 1 aromatic rings. The van der Waals surface area contributed by atoms with E-state index < -0.39 is 17.7 Å². The number of carbonyl (C=O) groups excluding carboxylic acids is 2. The predicted octanol–water partition coefficient (Wildman–Crippen LogP) is 0.0917. The molecular formula is C10H12FN3O3. The third kappa shape index (κ3) is 3.07. The van der Waals surface area contributed by atoms with Crippen LogP contribution in [0.2, 0.25) is 0 Å². The largest absolute Gasteiger partial charge is 0.465 e. The number of carbonyl (C=O) groups is 2. The number of hydrogen-bond acceptors (Lipinski definition) is 5. The Balaban J connectivity index is 3.05. The van der Waals surface area contributed by atoms with Gasteiger partial charge in [-0.05, 0) is 12.1 Å². The fourth-order valence-corrected chi connectivity index (χ4v) is 1.19. The fraction of sp³-hybridized carbons (Fsp3) is 0.200. The van der Waals surface area contributed by atoms with E-state index in [2.05, 4.69) is 10.1 Å². The van der Waals surface area contributed by atoms with Gasteiger partial charge < -0.3 is 21.5 Å². The standard InChI is InChI=1S/C10H12FN3O3/c1-17-10(16)5-2-8(14-4-9(13)15)6(11)3-7(5)12/h2-3,14H,4,12H2,1H3,(H2,13,15). The summed E-state index contributed by atoms with van der Waals surface area (Å²) in [7, 11) is 1.18. The summed E-state index contributed by atoms with van der Waals surface area (Å²) in [5.41, 5.74) is 10.3. The predicted molar refractivity (Wildman–Crippen MR) is 59.8 cm³/mol. The summed E-state index contributed by atoms with van der Waals surface area (Å²) in [5, 5.41) is 2.45. The van der Waals surface area contributed by atoms with Crippen molar-refractivity contribution in [1.82, 2.24) is 0 Å². The van der Waals surface area contributed by atoms with Gasteiger partial charge in [-0.3, -0.25) is 4.79 Å². The molecule has 0 unspecified atom stereocenters. The molecule has 1 amide bonds. The normalized spacial score (nSPS) is 9.76. The van der Waals surface area contributed by atoms with Gasteiger partial charge >= 0.3 is 5.97 Å². The van der Waals surface area contributed by atoms with Crippen molar-refractivity contribution in [3.63, 3.8) is 0 Å². The molecule has 1 aromatic carbocycles. The maximum Gasteiger partial charge on any atom is 0.340 e. The molecule has 92 valence electrons. The first-order valence-electron chi connectivity index (χ1n) is 4.65. The second-order valence-electron chi connectivity index (χ2n) is 3.23. The average Bonchev–Trinajstić information content (AvgIpc) is 2.26. The van der Waals surface area contributed by atoms with Crippen LogP contribution in [0.1, 0.15) is 10.4 Å². The van der Waals surface area contributed by atoms with E-state index >= 15 is 0 Å². The summed E-state index contributed by atoms with van der Waals surface area (Å²) in [6.45, 7) is -0.249. The average molecular weight is 241 g/mol. The number of amides is 1. The maximum atomic E-state index is 13.4. The topological polar surface area (TPSA) is 107 Å². The lowest BCUT2D eigenvalue weighted by molar-refractivity contribution is -0.116. The smallest absolute Gasteiger partial charge is 0.340 e. The van der Waals surface area contributed by atoms with Crippen molar-refractivity contribution in [3.8, 4) is 0 Å². The molecule has 6 nitrogen and oxygen atoms in total. The van der Waals surface area contributed by atoms with Gasteiger partial charge in [0, 0.05) is 5.69 Å². The van der Waals surface area contributed by atoms with E-state index in [-0.39, 0.29) is 23.5 Å². The third-order valence-electron chi connectivity index (χ3n) is 2.00. The minimum absolute atomic E-state index is 0.0147. The minimum Gasteiger partial charge on any atom is -0.465 e. The molecule has 0 radical (unpaired) electrons. The van der Waals surface area contributed by atoms with Crippen LogP contribution in [0, 0.1) is 5.82 Å². The number of nitrogens with one attached hydrogen (secondary N) is 1. The number of halogens is 1. The number of hydrogen-bond donors (Lipinski definition) is 3. The summed E-state index contributed by atoms with van der Waals surface area (Å²) in [5.74, 6) is -2.03. The highest BCUT2D eigenvalue weighted by atomic mass is 19.1. The van der Waals surface area contributed by atoms with Crippen molar-refractivity contribution in [2.75, 3.05) is 24.7 Å². The van der Waals surface area contributed by atoms with Crippen molar-refractivity contribution in [2.24, 2.45) is 5.73 Å². The highest BCUT2D eigenvalue weighted by Crippen LogP contribution is 2.22. The first-order valence-corrected chi connectivity index (χ1v) is 4.65. The summed E-state index contributed by atoms with van der Waals surface area (Å²) < 4.78 is 17.9. The van der Waals surface area contributed by atoms with Crippen molar-refractivity contribution < 1.29 is 18.7 Å². The molecule has 7 heteroatoms. The second-order valence-corrected chi connectivity index (χ2v) is 3.23. The Morgan fingerprint density at radius 1 is 1.47 bits per heavy atom. The van der Waals surface area contributed by atoms with Crippen molar-refractivity contribution in [1.29, 1.82) is 0 Å². The van der Waals surface area contributed by atoms with E-state index in [0.717, 1.165) is 6.07 Å². The Kier molecular flexibility index (Phi) is 3.86. The minimum atomic E-state index is -0.690. The number of nitrogen functional groups attached to an aromatic ring is 1. The Hall–Kier alpha value is -2.31. The van der Waals surface area contributed by atoms with Crippen LogP contribution in [0.5, 0.6) is 0 Å². The molecule has 0 bridgehead atoms. The Labute approximate surface area is 96.7 Å². The van der Waals surface area contributed by atoms with E-state index in [0.29, 0.717) is 0 Å². The lowest BCUT2D eigenvalue weighted by Crippen LogP contribution is -2.22. The Morgan fingerprint density at radius 2 is 2.12 bits per heavy atom. The third-order valence-corrected chi connectivity index (χ3v) is 2.00. The SMILES string of the molecule is COC(=O)c1cc(NCC(N)=O)c(F)cc1N. The molecule has 0 spiro atoms. The number of anilines is 2. The van der Waals surface area contributed by atoms with Crippen molar-refractivity contribution >= 4 is 23.3 Å². The maximum absolute atomic E-state index is 13.4. The monoisotopic (exact) mass is 241 g/mol. The molecule has 0 saturated carbocycles. The summed E-state index contributed by atoms with van der Waals surface area (Å²) >= 11 is 0. The molecule has 0 aliphatic rings. The van der Waals surface area contributed by atoms with Gasteiger partial charge in [0.15, 0.2) is 0 Å². The number of ether oxygens (including phenoxy) is 1. The second kappa shape index (κ2) is 5.15. The van der Waals surface area contributed by atoms with Gasteiger partial charge in [-0.25, -0.2) is 9.18 Å². The molecule has 17 heavy (non-hydrogen) atoms. The zero-order chi connectivity index (χ0) is 13.0. The van der Waals surface area contributed by atoms with E-state index in [1.165, 1.54) is 13.2 Å². The number of esters is 1. The highest BCUT2D eigenvalue weighted by Gasteiger charge is 2.14. The number of nitrogens with two attached hydrogens (primary N) is 2. The highest BCUT2D eigenvalue weighted by molar-refractivity contribution is 5.96. The van der Waals surface area contributed by atoms with Crippen LogP contribution in [0.4, 0.5) is 15.8 Å². The van der Waals surface area contributed by atoms with Gasteiger partial charge in [-0.1, -0.05) is 0 Å². The van der Waals surface area contributed by atoms with Gasteiger partial charge in [0.25, 0.3) is 0 Å². The van der Waals surface area contributed by atoms with E-state index in [4.69, 9.17) is 11.5 Å². The molecule has 5 N–H and O–H groups in total. The van der Waals surface area contributed by atoms with E-state index in [1.807, 2.05) is 0 Å². The number of primary amides is 1. The van der Waals surface area contributed by atoms with Gasteiger partial charge in [0.2, 0.25) is 5.91 Å². The van der Waals surface area contributed by atoms with Crippen LogP contribution in [0.15, 0.2) is 12.1 Å². The molecular weight excluding hydrogens is 229 g/mol. The first kappa shape index (κ1) is 12.8. The van der Waals surface area contributed by atoms with Gasteiger partial charge in [-0.15, -0.1) is 0 Å². The Bertz CT molecular complexity index is 462. The summed E-state index contributed by atoms with van der Waals surface area (Å²) in [4.78, 5) is 21.8. The quantitative estimate of drug-likeness (QED) is 0.511. The molecule has 0 aromatic heterocycles. The molecule has 0 aliphatic carbocycles. The lowest BCUT2D eigenvalue weighted by Gasteiger charge is -2.09. The van der Waals surface area contributed by atoms with Gasteiger partial charge in [-0.2, -0.15) is 0 Å². The van der Waals surface area contributed by atoms with Crippen LogP contribution < -0.4 is 16.8 Å². The van der Waals surface area contributed by atoms with Crippen LogP contribution in [0.25, 0.3) is 0 Å². The molecule has 1 rings (SSSR count). The number of rotatable bonds is 4. The summed E-state index contributed by atoms with van der Waals surface area (Å²) in [6.07, 6.45) is 0. The van der Waals surface area contributed by atoms with Crippen LogP contribution in [-0.4, -0.2) is 25.5 Å². The van der Waals surface area contributed by atoms with Crippen LogP contribution in [-0.2, 0) is 9.53 Å². The van der Waals surface area contributed by atoms with Crippen LogP contribution >= 0.6 is 0 Å². The lowest BCUT2D eigenvalue weighted by atomic mass is 10.1. The summed E-state index contributed by atoms with van der Waals surface area (Å²) in [6, 6.07) is 2.13. The van der Waals surface area contributed by atoms with Gasteiger partial charge in [0.05, 0.1) is 24.9 Å². The molecule has 0 saturated heterocycles. The van der Waals surface area contributed by atoms with Gasteiger partial charge in [0.1, 0.15) is 5.82 Å². The first-order chi connectivity index (χ1) is 7.95. The number of benzene rings is 1. The van der Waals surface area contributed by atoms with Crippen molar-refractivity contribution in [2.45, 2.75) is 0 Å². The zero-order valence-corrected chi connectivity index (χ0v) is 9.12. The number of methoxy groups -OCH3 is 1. The Morgan fingerprint density at radius 3 is 2.65 bits per heavy atom. The zero-order valence-electron chi connectivity index (χ0n) is 9.12. The molecule has 0 atom stereocenters. The van der Waals surface area contributed by atoms with E-state index in [9.17, 15) is 14.0 Å². The molecule has 0 aliphatic heterocycles. The fourth-order valence-electron chi connectivity index (χ4n) is 1.19. The molecule has 0 heterocycles. The van der Waals surface area contributed by atoms with E-state index in [1.54, 1.807) is 0 Å². The van der Waals surface area contributed by atoms with Crippen molar-refractivity contribution in [3.05, 3.63) is 23.5 Å².